The van der Waals surface area contributed by atoms with Gasteiger partial charge in [-0.3, -0.25) is 4.98 Å². The van der Waals surface area contributed by atoms with Crippen molar-refractivity contribution < 1.29 is 9.13 Å². The summed E-state index contributed by atoms with van der Waals surface area (Å²) in [6.07, 6.45) is 1.21. The molecule has 20 heavy (non-hydrogen) atoms. The number of benzene rings is 1. The van der Waals surface area contributed by atoms with Gasteiger partial charge in [0.1, 0.15) is 11.6 Å². The summed E-state index contributed by atoms with van der Waals surface area (Å²) in [6, 6.07) is 8.50. The van der Waals surface area contributed by atoms with Crippen LogP contribution in [0.4, 0.5) is 10.1 Å². The van der Waals surface area contributed by atoms with Crippen LogP contribution in [0.5, 0.6) is 5.75 Å². The Morgan fingerprint density at radius 2 is 2.15 bits per heavy atom. The number of aromatic nitrogens is 1. The molecule has 0 fully saturated rings. The van der Waals surface area contributed by atoms with Gasteiger partial charge in [-0.1, -0.05) is 11.6 Å². The van der Waals surface area contributed by atoms with Crippen molar-refractivity contribution in [1.29, 1.82) is 0 Å². The predicted octanol–water partition coefficient (Wildman–Crippen LogP) is 4.45. The van der Waals surface area contributed by atoms with Crippen molar-refractivity contribution in [3.63, 3.8) is 0 Å². The molecular formula is C15H16ClFN2O. The number of pyridine rings is 1. The lowest BCUT2D eigenvalue weighted by Crippen LogP contribution is -2.08. The van der Waals surface area contributed by atoms with Crippen molar-refractivity contribution in [3.05, 3.63) is 53.1 Å². The Morgan fingerprint density at radius 1 is 1.35 bits per heavy atom. The van der Waals surface area contributed by atoms with Crippen LogP contribution in [0.1, 0.15) is 25.6 Å². The Balaban J connectivity index is 2.09. The molecule has 0 bridgehead atoms. The highest BCUT2D eigenvalue weighted by Gasteiger charge is 2.09. The molecule has 0 radical (unpaired) electrons. The summed E-state index contributed by atoms with van der Waals surface area (Å²) < 4.78 is 18.2. The van der Waals surface area contributed by atoms with E-state index < -0.39 is 0 Å². The van der Waals surface area contributed by atoms with Crippen LogP contribution in [0.3, 0.4) is 0 Å². The van der Waals surface area contributed by atoms with Crippen molar-refractivity contribution in [3.8, 4) is 5.75 Å². The van der Waals surface area contributed by atoms with Crippen LogP contribution in [0, 0.1) is 5.82 Å². The molecule has 0 spiro atoms. The van der Waals surface area contributed by atoms with E-state index in [9.17, 15) is 4.39 Å². The summed E-state index contributed by atoms with van der Waals surface area (Å²) in [7, 11) is 0. The first-order chi connectivity index (χ1) is 9.60. The minimum Gasteiger partial charge on any atom is -0.492 e. The van der Waals surface area contributed by atoms with Crippen LogP contribution >= 0.6 is 11.6 Å². The monoisotopic (exact) mass is 294 g/mol. The maximum atomic E-state index is 12.8. The average molecular weight is 295 g/mol. The molecular weight excluding hydrogens is 279 g/mol. The third kappa shape index (κ3) is 3.61. The molecule has 0 aliphatic carbocycles. The molecule has 0 saturated carbocycles. The third-order valence-corrected chi connectivity index (χ3v) is 3.10. The van der Waals surface area contributed by atoms with Crippen LogP contribution in [-0.2, 0) is 0 Å². The Labute approximate surface area is 122 Å². The minimum absolute atomic E-state index is 0.0513. The third-order valence-electron chi connectivity index (χ3n) is 2.81. The van der Waals surface area contributed by atoms with Crippen molar-refractivity contribution in [2.75, 3.05) is 11.9 Å². The van der Waals surface area contributed by atoms with Crippen LogP contribution in [0.25, 0.3) is 0 Å². The number of hydrogen-bond acceptors (Lipinski definition) is 3. The van der Waals surface area contributed by atoms with Gasteiger partial charge in [0.25, 0.3) is 0 Å². The second-order valence-corrected chi connectivity index (χ2v) is 4.75. The van der Waals surface area contributed by atoms with E-state index in [0.29, 0.717) is 17.4 Å². The highest BCUT2D eigenvalue weighted by atomic mass is 35.5. The van der Waals surface area contributed by atoms with E-state index >= 15 is 0 Å². The molecule has 0 aliphatic rings. The molecule has 0 amide bonds. The number of nitrogens with one attached hydrogen (secondary N) is 1. The topological polar surface area (TPSA) is 34.1 Å². The van der Waals surface area contributed by atoms with Gasteiger partial charge in [-0.2, -0.15) is 0 Å². The van der Waals surface area contributed by atoms with Crippen molar-refractivity contribution in [2.45, 2.75) is 19.9 Å². The van der Waals surface area contributed by atoms with Crippen molar-refractivity contribution in [1.82, 2.24) is 4.98 Å². The Hall–Kier alpha value is -1.81. The number of nitrogens with zero attached hydrogens (tertiary/aromatic N) is 1. The van der Waals surface area contributed by atoms with E-state index in [4.69, 9.17) is 16.3 Å². The molecule has 106 valence electrons. The van der Waals surface area contributed by atoms with E-state index in [1.165, 1.54) is 12.3 Å². The number of halogens is 2. The molecule has 1 heterocycles. The van der Waals surface area contributed by atoms with Crippen LogP contribution in [0.2, 0.25) is 5.02 Å². The highest BCUT2D eigenvalue weighted by Crippen LogP contribution is 2.29. The van der Waals surface area contributed by atoms with Crippen LogP contribution in [0.15, 0.2) is 36.5 Å². The molecule has 1 aromatic heterocycles. The zero-order valence-electron chi connectivity index (χ0n) is 11.4. The highest BCUT2D eigenvalue weighted by molar-refractivity contribution is 6.32. The lowest BCUT2D eigenvalue weighted by atomic mass is 10.2. The predicted molar refractivity (Wildman–Crippen MR) is 78.9 cm³/mol. The standard InChI is InChI=1S/C15H16ClFN2O/c1-3-20-15-7-5-12(8-13(15)16)19-10(2)14-6-4-11(17)9-18-14/h4-10,19H,3H2,1-2H3. The summed E-state index contributed by atoms with van der Waals surface area (Å²) in [5.41, 5.74) is 1.62. The van der Waals surface area contributed by atoms with E-state index in [-0.39, 0.29) is 11.9 Å². The fourth-order valence-electron chi connectivity index (χ4n) is 1.83. The maximum Gasteiger partial charge on any atom is 0.141 e. The number of anilines is 1. The number of rotatable bonds is 5. The van der Waals surface area contributed by atoms with Gasteiger partial charge < -0.3 is 10.1 Å². The Kier molecular flexibility index (Phi) is 4.79. The molecule has 2 aromatic rings. The molecule has 1 N–H and O–H groups in total. The average Bonchev–Trinajstić information content (AvgIpc) is 2.42. The van der Waals surface area contributed by atoms with Gasteiger partial charge >= 0.3 is 0 Å². The quantitative estimate of drug-likeness (QED) is 0.885. The van der Waals surface area contributed by atoms with Crippen molar-refractivity contribution in [2.24, 2.45) is 0 Å². The van der Waals surface area contributed by atoms with Gasteiger partial charge in [0, 0.05) is 5.69 Å². The van der Waals surface area contributed by atoms with Gasteiger partial charge in [-0.25, -0.2) is 4.39 Å². The van der Waals surface area contributed by atoms with E-state index in [2.05, 4.69) is 10.3 Å². The fourth-order valence-corrected chi connectivity index (χ4v) is 2.07. The first kappa shape index (κ1) is 14.6. The summed E-state index contributed by atoms with van der Waals surface area (Å²) in [4.78, 5) is 4.05. The fraction of sp³-hybridized carbons (Fsp3) is 0.267. The lowest BCUT2D eigenvalue weighted by molar-refractivity contribution is 0.340. The smallest absolute Gasteiger partial charge is 0.141 e. The summed E-state index contributed by atoms with van der Waals surface area (Å²) in [6.45, 7) is 4.43. The van der Waals surface area contributed by atoms with E-state index in [1.807, 2.05) is 26.0 Å². The number of ether oxygens (including phenoxy) is 1. The molecule has 5 heteroatoms. The normalized spacial score (nSPS) is 12.0. The SMILES string of the molecule is CCOc1ccc(NC(C)c2ccc(F)cn2)cc1Cl. The summed E-state index contributed by atoms with van der Waals surface area (Å²) in [5, 5.41) is 3.81. The number of hydrogen-bond donors (Lipinski definition) is 1. The minimum atomic E-state index is -0.343. The summed E-state index contributed by atoms with van der Waals surface area (Å²) >= 11 is 6.13. The molecule has 2 rings (SSSR count). The maximum absolute atomic E-state index is 12.8. The van der Waals surface area contributed by atoms with Crippen LogP contribution < -0.4 is 10.1 Å². The van der Waals surface area contributed by atoms with Gasteiger partial charge in [0.05, 0.1) is 29.6 Å². The van der Waals surface area contributed by atoms with Gasteiger partial charge in [-0.05, 0) is 44.2 Å². The molecule has 3 nitrogen and oxygen atoms in total. The largest absolute Gasteiger partial charge is 0.492 e. The molecule has 1 aromatic carbocycles. The zero-order valence-corrected chi connectivity index (χ0v) is 12.1. The molecule has 1 atom stereocenters. The first-order valence-corrected chi connectivity index (χ1v) is 6.78. The first-order valence-electron chi connectivity index (χ1n) is 6.40. The lowest BCUT2D eigenvalue weighted by Gasteiger charge is -2.16. The molecule has 0 aliphatic heterocycles. The zero-order chi connectivity index (χ0) is 14.5. The Morgan fingerprint density at radius 3 is 2.75 bits per heavy atom. The van der Waals surface area contributed by atoms with Crippen LogP contribution in [-0.4, -0.2) is 11.6 Å². The van der Waals surface area contributed by atoms with Crippen molar-refractivity contribution >= 4 is 17.3 Å². The van der Waals surface area contributed by atoms with Gasteiger partial charge in [0.2, 0.25) is 0 Å². The van der Waals surface area contributed by atoms with Gasteiger partial charge in [-0.15, -0.1) is 0 Å². The summed E-state index contributed by atoms with van der Waals surface area (Å²) in [5.74, 6) is 0.317. The second kappa shape index (κ2) is 6.57. The van der Waals surface area contributed by atoms with E-state index in [1.54, 1.807) is 12.1 Å². The Bertz CT molecular complexity index is 575. The van der Waals surface area contributed by atoms with E-state index in [0.717, 1.165) is 11.4 Å². The molecule has 0 saturated heterocycles. The van der Waals surface area contributed by atoms with Gasteiger partial charge in [0.15, 0.2) is 0 Å². The second-order valence-electron chi connectivity index (χ2n) is 4.35. The molecule has 1 unspecified atom stereocenters.